The Morgan fingerprint density at radius 3 is 2.53 bits per heavy atom. The lowest BCUT2D eigenvalue weighted by atomic mass is 10.2. The Hall–Kier alpha value is -1.50. The van der Waals surface area contributed by atoms with Crippen molar-refractivity contribution >= 4 is 24.0 Å². The van der Waals surface area contributed by atoms with Crippen molar-refractivity contribution in [2.45, 2.75) is 6.04 Å². The van der Waals surface area contributed by atoms with E-state index in [0.29, 0.717) is 17.2 Å². The summed E-state index contributed by atoms with van der Waals surface area (Å²) >= 11 is 0. The molecule has 0 heterocycles. The minimum absolute atomic E-state index is 0. The van der Waals surface area contributed by atoms with Gasteiger partial charge in [0.15, 0.2) is 0 Å². The van der Waals surface area contributed by atoms with Crippen molar-refractivity contribution in [3.63, 3.8) is 0 Å². The van der Waals surface area contributed by atoms with Gasteiger partial charge >= 0.3 is 0 Å². The second-order valence-electron chi connectivity index (χ2n) is 3.62. The summed E-state index contributed by atoms with van der Waals surface area (Å²) in [6, 6.07) is 4.38. The topological polar surface area (TPSA) is 82.8 Å². The Kier molecular flexibility index (Phi) is 7.90. The molecule has 0 saturated heterocycles. The Bertz CT molecular complexity index is 415. The third-order valence-electron chi connectivity index (χ3n) is 2.35. The number of benzene rings is 1. The van der Waals surface area contributed by atoms with E-state index in [1.807, 2.05) is 0 Å². The van der Waals surface area contributed by atoms with E-state index in [0.717, 1.165) is 0 Å². The molecule has 0 aliphatic heterocycles. The number of ether oxygens (including phenoxy) is 3. The molecule has 108 valence electrons. The molecule has 1 aromatic rings. The minimum atomic E-state index is -0.731. The summed E-state index contributed by atoms with van der Waals surface area (Å²) in [6.07, 6.45) is 0. The minimum Gasteiger partial charge on any atom is -0.497 e. The number of amides is 1. The molecule has 1 atom stereocenters. The molecule has 0 aliphatic rings. The van der Waals surface area contributed by atoms with Crippen LogP contribution < -0.4 is 20.5 Å². The summed E-state index contributed by atoms with van der Waals surface area (Å²) in [5, 5.41) is 2.67. The third kappa shape index (κ3) is 4.94. The molecule has 7 heteroatoms. The second kappa shape index (κ2) is 8.58. The van der Waals surface area contributed by atoms with Crippen molar-refractivity contribution in [2.24, 2.45) is 5.73 Å². The molecule has 0 radical (unpaired) electrons. The third-order valence-corrected chi connectivity index (χ3v) is 2.35. The highest BCUT2D eigenvalue weighted by molar-refractivity contribution is 5.96. The lowest BCUT2D eigenvalue weighted by molar-refractivity contribution is -0.118. The number of anilines is 1. The molecule has 6 nitrogen and oxygen atoms in total. The van der Waals surface area contributed by atoms with Gasteiger partial charge in [0, 0.05) is 13.2 Å². The van der Waals surface area contributed by atoms with Gasteiger partial charge in [0.1, 0.15) is 17.5 Å². The van der Waals surface area contributed by atoms with Crippen LogP contribution in [-0.4, -0.2) is 39.9 Å². The zero-order valence-corrected chi connectivity index (χ0v) is 12.0. The van der Waals surface area contributed by atoms with Crippen LogP contribution in [0.25, 0.3) is 0 Å². The lowest BCUT2D eigenvalue weighted by Gasteiger charge is -2.14. The van der Waals surface area contributed by atoms with E-state index in [4.69, 9.17) is 19.9 Å². The Morgan fingerprint density at radius 1 is 1.32 bits per heavy atom. The zero-order chi connectivity index (χ0) is 13.5. The number of methoxy groups -OCH3 is 3. The van der Waals surface area contributed by atoms with E-state index >= 15 is 0 Å². The fourth-order valence-corrected chi connectivity index (χ4v) is 1.39. The maximum atomic E-state index is 11.8. The monoisotopic (exact) mass is 290 g/mol. The Morgan fingerprint density at radius 2 is 2.00 bits per heavy atom. The molecular weight excluding hydrogens is 272 g/mol. The van der Waals surface area contributed by atoms with Crippen molar-refractivity contribution < 1.29 is 19.0 Å². The summed E-state index contributed by atoms with van der Waals surface area (Å²) in [4.78, 5) is 11.8. The first kappa shape index (κ1) is 17.5. The number of rotatable bonds is 6. The van der Waals surface area contributed by atoms with Gasteiger partial charge in [0.25, 0.3) is 0 Å². The Balaban J connectivity index is 0.00000324. The van der Waals surface area contributed by atoms with Crippen LogP contribution in [0.15, 0.2) is 18.2 Å². The van der Waals surface area contributed by atoms with Gasteiger partial charge in [-0.3, -0.25) is 4.79 Å². The predicted octanol–water partition coefficient (Wildman–Crippen LogP) is 1.04. The first-order valence-electron chi connectivity index (χ1n) is 5.39. The largest absolute Gasteiger partial charge is 0.497 e. The van der Waals surface area contributed by atoms with Crippen LogP contribution in [0.3, 0.4) is 0 Å². The summed E-state index contributed by atoms with van der Waals surface area (Å²) in [5.74, 6) is 0.809. The number of halogens is 1. The van der Waals surface area contributed by atoms with Crippen LogP contribution in [0.4, 0.5) is 5.69 Å². The molecule has 0 saturated carbocycles. The van der Waals surface area contributed by atoms with Crippen LogP contribution in [0, 0.1) is 0 Å². The molecule has 1 unspecified atom stereocenters. The Labute approximate surface area is 118 Å². The first-order chi connectivity index (χ1) is 8.62. The smallest absolute Gasteiger partial charge is 0.243 e. The van der Waals surface area contributed by atoms with Gasteiger partial charge in [-0.2, -0.15) is 0 Å². The van der Waals surface area contributed by atoms with Gasteiger partial charge in [0.05, 0.1) is 26.5 Å². The fourth-order valence-electron chi connectivity index (χ4n) is 1.39. The highest BCUT2D eigenvalue weighted by Gasteiger charge is 2.15. The van der Waals surface area contributed by atoms with E-state index in [-0.39, 0.29) is 24.9 Å². The van der Waals surface area contributed by atoms with Crippen molar-refractivity contribution in [2.75, 3.05) is 33.3 Å². The average molecular weight is 291 g/mol. The summed E-state index contributed by atoms with van der Waals surface area (Å²) in [5.41, 5.74) is 6.14. The molecule has 19 heavy (non-hydrogen) atoms. The maximum absolute atomic E-state index is 11.8. The first-order valence-corrected chi connectivity index (χ1v) is 5.39. The summed E-state index contributed by atoms with van der Waals surface area (Å²) < 4.78 is 15.0. The summed E-state index contributed by atoms with van der Waals surface area (Å²) in [7, 11) is 4.55. The number of carbonyl (C=O) groups is 1. The van der Waals surface area contributed by atoms with E-state index < -0.39 is 6.04 Å². The standard InChI is InChI=1S/C12H18N2O4.ClH/c1-16-7-9(13)12(15)14-10-6-8(17-2)4-5-11(10)18-3;/h4-6,9H,7,13H2,1-3H3,(H,14,15);1H. The average Bonchev–Trinajstić information content (AvgIpc) is 2.38. The van der Waals surface area contributed by atoms with Crippen LogP contribution in [-0.2, 0) is 9.53 Å². The molecule has 0 bridgehead atoms. The van der Waals surface area contributed by atoms with Gasteiger partial charge in [-0.1, -0.05) is 0 Å². The highest BCUT2D eigenvalue weighted by Crippen LogP contribution is 2.28. The van der Waals surface area contributed by atoms with Crippen molar-refractivity contribution in [1.82, 2.24) is 0 Å². The predicted molar refractivity (Wildman–Crippen MR) is 75.3 cm³/mol. The van der Waals surface area contributed by atoms with Gasteiger partial charge in [-0.15, -0.1) is 12.4 Å². The number of nitrogens with one attached hydrogen (secondary N) is 1. The summed E-state index contributed by atoms with van der Waals surface area (Å²) in [6.45, 7) is 0.151. The van der Waals surface area contributed by atoms with Gasteiger partial charge in [-0.25, -0.2) is 0 Å². The van der Waals surface area contributed by atoms with Crippen LogP contribution >= 0.6 is 12.4 Å². The lowest BCUT2D eigenvalue weighted by Crippen LogP contribution is -2.39. The van der Waals surface area contributed by atoms with Crippen molar-refractivity contribution in [3.05, 3.63) is 18.2 Å². The van der Waals surface area contributed by atoms with Gasteiger partial charge in [0.2, 0.25) is 5.91 Å². The van der Waals surface area contributed by atoms with Crippen LogP contribution in [0.5, 0.6) is 11.5 Å². The van der Waals surface area contributed by atoms with Crippen LogP contribution in [0.2, 0.25) is 0 Å². The van der Waals surface area contributed by atoms with E-state index in [1.165, 1.54) is 14.2 Å². The molecule has 3 N–H and O–H groups in total. The molecule has 0 aliphatic carbocycles. The van der Waals surface area contributed by atoms with Gasteiger partial charge < -0.3 is 25.3 Å². The highest BCUT2D eigenvalue weighted by atomic mass is 35.5. The SMILES string of the molecule is COCC(N)C(=O)Nc1cc(OC)ccc1OC.Cl. The zero-order valence-electron chi connectivity index (χ0n) is 11.1. The van der Waals surface area contributed by atoms with E-state index in [9.17, 15) is 4.79 Å². The molecule has 1 rings (SSSR count). The van der Waals surface area contributed by atoms with E-state index in [1.54, 1.807) is 25.3 Å². The normalized spacial score (nSPS) is 11.2. The molecule has 1 aromatic carbocycles. The quantitative estimate of drug-likeness (QED) is 0.818. The van der Waals surface area contributed by atoms with Gasteiger partial charge in [-0.05, 0) is 12.1 Å². The van der Waals surface area contributed by atoms with Crippen LogP contribution in [0.1, 0.15) is 0 Å². The number of carbonyl (C=O) groups excluding carboxylic acids is 1. The van der Waals surface area contributed by atoms with Crippen molar-refractivity contribution in [1.29, 1.82) is 0 Å². The molecule has 1 amide bonds. The molecule has 0 fully saturated rings. The number of hydrogen-bond acceptors (Lipinski definition) is 5. The fraction of sp³-hybridized carbons (Fsp3) is 0.417. The molecule has 0 aromatic heterocycles. The van der Waals surface area contributed by atoms with E-state index in [2.05, 4.69) is 5.32 Å². The second-order valence-corrected chi connectivity index (χ2v) is 3.62. The number of hydrogen-bond donors (Lipinski definition) is 2. The molecular formula is C12H19ClN2O4. The van der Waals surface area contributed by atoms with Crippen molar-refractivity contribution in [3.8, 4) is 11.5 Å². The number of nitrogens with two attached hydrogens (primary N) is 1. The molecule has 0 spiro atoms. The maximum Gasteiger partial charge on any atom is 0.243 e.